The van der Waals surface area contributed by atoms with Crippen molar-refractivity contribution in [3.8, 4) is 0 Å². The van der Waals surface area contributed by atoms with Gasteiger partial charge in [-0.25, -0.2) is 4.98 Å². The number of carbonyl (C=O) groups is 1. The SMILES string of the molecule is CNc1nc(N(C)CC(C)=O)nc2c1ncn2C. The summed E-state index contributed by atoms with van der Waals surface area (Å²) in [6.07, 6.45) is 1.69. The van der Waals surface area contributed by atoms with Crippen molar-refractivity contribution in [3.63, 3.8) is 0 Å². The lowest BCUT2D eigenvalue weighted by Crippen LogP contribution is -2.26. The number of nitrogens with one attached hydrogen (secondary N) is 1. The number of aryl methyl sites for hydroxylation is 1. The largest absolute Gasteiger partial charge is 0.371 e. The maximum atomic E-state index is 11.1. The van der Waals surface area contributed by atoms with Gasteiger partial charge in [0.1, 0.15) is 5.78 Å². The second-order valence-electron chi connectivity index (χ2n) is 4.21. The van der Waals surface area contributed by atoms with E-state index in [0.29, 0.717) is 11.8 Å². The molecule has 7 nitrogen and oxygen atoms in total. The van der Waals surface area contributed by atoms with Gasteiger partial charge in [0.15, 0.2) is 17.0 Å². The first-order chi connectivity index (χ1) is 8.52. The molecular formula is C11H16N6O. The number of aromatic nitrogens is 4. The summed E-state index contributed by atoms with van der Waals surface area (Å²) in [7, 11) is 5.44. The molecule has 0 aliphatic carbocycles. The average Bonchev–Trinajstić information content (AvgIpc) is 2.69. The number of hydrogen-bond acceptors (Lipinski definition) is 6. The smallest absolute Gasteiger partial charge is 0.229 e. The number of rotatable bonds is 4. The summed E-state index contributed by atoms with van der Waals surface area (Å²) in [4.78, 5) is 25.9. The molecule has 18 heavy (non-hydrogen) atoms. The second-order valence-corrected chi connectivity index (χ2v) is 4.21. The minimum Gasteiger partial charge on any atom is -0.371 e. The van der Waals surface area contributed by atoms with Crippen LogP contribution in [0.25, 0.3) is 11.2 Å². The molecule has 0 radical (unpaired) electrons. The number of ketones is 1. The Kier molecular flexibility index (Phi) is 3.14. The van der Waals surface area contributed by atoms with Crippen LogP contribution >= 0.6 is 0 Å². The van der Waals surface area contributed by atoms with E-state index in [1.807, 2.05) is 11.6 Å². The summed E-state index contributed by atoms with van der Waals surface area (Å²) >= 11 is 0. The van der Waals surface area contributed by atoms with E-state index >= 15 is 0 Å². The molecule has 0 atom stereocenters. The van der Waals surface area contributed by atoms with Crippen LogP contribution in [0.3, 0.4) is 0 Å². The lowest BCUT2D eigenvalue weighted by Gasteiger charge is -2.16. The summed E-state index contributed by atoms with van der Waals surface area (Å²) in [5.74, 6) is 1.23. The predicted octanol–water partition coefficient (Wildman–Crippen LogP) is 0.430. The van der Waals surface area contributed by atoms with Gasteiger partial charge in [-0.3, -0.25) is 4.79 Å². The summed E-state index contributed by atoms with van der Waals surface area (Å²) in [6, 6.07) is 0. The standard InChI is InChI=1S/C11H16N6O/c1-7(18)5-16(3)11-14-9(12-2)8-10(15-11)17(4)6-13-8/h6H,5H2,1-4H3,(H,12,14,15). The van der Waals surface area contributed by atoms with E-state index in [9.17, 15) is 4.79 Å². The lowest BCUT2D eigenvalue weighted by atomic mass is 10.4. The highest BCUT2D eigenvalue weighted by molar-refractivity contribution is 5.85. The molecule has 0 unspecified atom stereocenters. The van der Waals surface area contributed by atoms with E-state index in [1.165, 1.54) is 6.92 Å². The molecule has 2 aromatic heterocycles. The van der Waals surface area contributed by atoms with Gasteiger partial charge in [-0.1, -0.05) is 0 Å². The molecule has 0 amide bonds. The molecule has 2 rings (SSSR count). The van der Waals surface area contributed by atoms with Crippen LogP contribution in [0.2, 0.25) is 0 Å². The maximum absolute atomic E-state index is 11.1. The highest BCUT2D eigenvalue weighted by atomic mass is 16.1. The maximum Gasteiger partial charge on any atom is 0.229 e. The van der Waals surface area contributed by atoms with Crippen molar-refractivity contribution in [3.05, 3.63) is 6.33 Å². The Labute approximate surface area is 105 Å². The fraction of sp³-hybridized carbons (Fsp3) is 0.455. The van der Waals surface area contributed by atoms with Crippen LogP contribution in [0.5, 0.6) is 0 Å². The van der Waals surface area contributed by atoms with E-state index < -0.39 is 0 Å². The first kappa shape index (κ1) is 12.3. The number of carbonyl (C=O) groups excluding carboxylic acids is 1. The van der Waals surface area contributed by atoms with E-state index in [4.69, 9.17) is 0 Å². The zero-order chi connectivity index (χ0) is 13.3. The molecule has 0 saturated heterocycles. The molecule has 2 heterocycles. The normalized spacial score (nSPS) is 10.7. The minimum atomic E-state index is 0.0669. The number of likely N-dealkylation sites (N-methyl/N-ethyl adjacent to an activating group) is 1. The predicted molar refractivity (Wildman–Crippen MR) is 69.8 cm³/mol. The van der Waals surface area contributed by atoms with Crippen LogP contribution in [0.1, 0.15) is 6.92 Å². The van der Waals surface area contributed by atoms with E-state index in [-0.39, 0.29) is 12.3 Å². The third kappa shape index (κ3) is 2.11. The molecule has 0 fully saturated rings. The van der Waals surface area contributed by atoms with Gasteiger partial charge in [-0.05, 0) is 6.92 Å². The second kappa shape index (κ2) is 4.59. The Morgan fingerprint density at radius 1 is 1.50 bits per heavy atom. The van der Waals surface area contributed by atoms with Crippen molar-refractivity contribution >= 4 is 28.7 Å². The van der Waals surface area contributed by atoms with Crippen molar-refractivity contribution in [2.75, 3.05) is 30.9 Å². The highest BCUT2D eigenvalue weighted by Crippen LogP contribution is 2.20. The molecule has 2 aromatic rings. The van der Waals surface area contributed by atoms with Gasteiger partial charge < -0.3 is 14.8 Å². The number of imidazole rings is 1. The number of Topliss-reactive ketones (excluding diaryl/α,β-unsaturated/α-hetero) is 1. The highest BCUT2D eigenvalue weighted by Gasteiger charge is 2.14. The molecule has 0 bridgehead atoms. The van der Waals surface area contributed by atoms with Gasteiger partial charge >= 0.3 is 0 Å². The molecule has 1 N–H and O–H groups in total. The van der Waals surface area contributed by atoms with Crippen LogP contribution in [0.4, 0.5) is 11.8 Å². The summed E-state index contributed by atoms with van der Waals surface area (Å²) < 4.78 is 1.82. The topological polar surface area (TPSA) is 75.9 Å². The number of nitrogens with zero attached hydrogens (tertiary/aromatic N) is 5. The van der Waals surface area contributed by atoms with E-state index in [2.05, 4.69) is 20.3 Å². The van der Waals surface area contributed by atoms with Gasteiger partial charge in [-0.2, -0.15) is 9.97 Å². The zero-order valence-electron chi connectivity index (χ0n) is 10.9. The Morgan fingerprint density at radius 3 is 2.83 bits per heavy atom. The summed E-state index contributed by atoms with van der Waals surface area (Å²) in [5.41, 5.74) is 1.46. The number of fused-ring (bicyclic) bond motifs is 1. The monoisotopic (exact) mass is 248 g/mol. The van der Waals surface area contributed by atoms with Crippen LogP contribution in [0, 0.1) is 0 Å². The van der Waals surface area contributed by atoms with Crippen LogP contribution < -0.4 is 10.2 Å². The molecule has 0 aliphatic rings. The molecule has 7 heteroatoms. The molecule has 0 saturated carbocycles. The van der Waals surface area contributed by atoms with E-state index in [1.54, 1.807) is 25.3 Å². The number of hydrogen-bond donors (Lipinski definition) is 1. The van der Waals surface area contributed by atoms with Crippen LogP contribution in [0.15, 0.2) is 6.33 Å². The Hall–Kier alpha value is -2.18. The fourth-order valence-corrected chi connectivity index (χ4v) is 1.75. The third-order valence-electron chi connectivity index (χ3n) is 2.59. The van der Waals surface area contributed by atoms with Crippen molar-refractivity contribution in [2.45, 2.75) is 6.92 Å². The van der Waals surface area contributed by atoms with Gasteiger partial charge in [0.25, 0.3) is 0 Å². The average molecular weight is 248 g/mol. The Morgan fingerprint density at radius 2 is 2.22 bits per heavy atom. The molecular weight excluding hydrogens is 232 g/mol. The third-order valence-corrected chi connectivity index (χ3v) is 2.59. The Bertz CT molecular complexity index is 590. The first-order valence-corrected chi connectivity index (χ1v) is 5.60. The molecule has 0 aromatic carbocycles. The van der Waals surface area contributed by atoms with E-state index in [0.717, 1.165) is 11.2 Å². The zero-order valence-corrected chi connectivity index (χ0v) is 10.9. The first-order valence-electron chi connectivity index (χ1n) is 5.60. The molecule has 0 aliphatic heterocycles. The molecule has 0 spiro atoms. The van der Waals surface area contributed by atoms with Gasteiger partial charge in [0.05, 0.1) is 12.9 Å². The van der Waals surface area contributed by atoms with Gasteiger partial charge in [0.2, 0.25) is 5.95 Å². The van der Waals surface area contributed by atoms with Crippen LogP contribution in [-0.4, -0.2) is 45.9 Å². The quantitative estimate of drug-likeness (QED) is 0.845. The van der Waals surface area contributed by atoms with Crippen molar-refractivity contribution in [2.24, 2.45) is 7.05 Å². The van der Waals surface area contributed by atoms with Crippen LogP contribution in [-0.2, 0) is 11.8 Å². The molecule has 96 valence electrons. The van der Waals surface area contributed by atoms with Crippen molar-refractivity contribution in [1.82, 2.24) is 19.5 Å². The fourth-order valence-electron chi connectivity index (χ4n) is 1.75. The Balaban J connectivity index is 2.51. The minimum absolute atomic E-state index is 0.0669. The van der Waals surface area contributed by atoms with Gasteiger partial charge in [0, 0.05) is 21.1 Å². The van der Waals surface area contributed by atoms with Crippen molar-refractivity contribution in [1.29, 1.82) is 0 Å². The van der Waals surface area contributed by atoms with Gasteiger partial charge in [-0.15, -0.1) is 0 Å². The van der Waals surface area contributed by atoms with Crippen molar-refractivity contribution < 1.29 is 4.79 Å². The lowest BCUT2D eigenvalue weighted by molar-refractivity contribution is -0.115. The number of anilines is 2. The summed E-state index contributed by atoms with van der Waals surface area (Å²) in [6.45, 7) is 1.82. The summed E-state index contributed by atoms with van der Waals surface area (Å²) in [5, 5.41) is 2.99.